The van der Waals surface area contributed by atoms with Crippen molar-refractivity contribution in [2.24, 2.45) is 11.8 Å². The van der Waals surface area contributed by atoms with Gasteiger partial charge in [0, 0.05) is 37.6 Å². The van der Waals surface area contributed by atoms with Crippen molar-refractivity contribution < 1.29 is 14.3 Å². The fourth-order valence-corrected chi connectivity index (χ4v) is 2.50. The average Bonchev–Trinajstić information content (AvgIpc) is 2.89. The summed E-state index contributed by atoms with van der Waals surface area (Å²) in [7, 11) is 0. The molecule has 2 aliphatic rings. The molecule has 0 radical (unpaired) electrons. The van der Waals surface area contributed by atoms with Crippen molar-refractivity contribution in [3.05, 3.63) is 29.7 Å². The maximum atomic E-state index is 11.8. The molecular weight excluding hydrogens is 242 g/mol. The summed E-state index contributed by atoms with van der Waals surface area (Å²) in [6, 6.07) is 3.92. The predicted octanol–water partition coefficient (Wildman–Crippen LogP) is 1.87. The van der Waals surface area contributed by atoms with E-state index in [0.717, 1.165) is 17.4 Å². The first-order chi connectivity index (χ1) is 9.17. The number of nitrogens with zero attached hydrogens (tertiary/aromatic N) is 1. The zero-order valence-corrected chi connectivity index (χ0v) is 11.1. The molecule has 1 aliphatic carbocycles. The smallest absolute Gasteiger partial charge is 0.246 e. The molecule has 2 heterocycles. The number of carbonyl (C=O) groups is 1. The van der Waals surface area contributed by atoms with Crippen molar-refractivity contribution in [3.8, 4) is 0 Å². The van der Waals surface area contributed by atoms with Crippen LogP contribution in [0.1, 0.15) is 30.8 Å². The van der Waals surface area contributed by atoms with Gasteiger partial charge in [-0.05, 0) is 30.5 Å². The minimum absolute atomic E-state index is 0.0116. The van der Waals surface area contributed by atoms with E-state index in [1.807, 2.05) is 12.1 Å². The van der Waals surface area contributed by atoms with Crippen molar-refractivity contribution >= 4 is 12.0 Å². The Bertz CT molecular complexity index is 499. The van der Waals surface area contributed by atoms with E-state index in [0.29, 0.717) is 19.0 Å². The lowest BCUT2D eigenvalue weighted by Gasteiger charge is -2.37. The standard InChI is InChI=1S/C15H19NO3/c1-10-6-13(10)14-4-2-12(19-14)3-5-15(18)16-7-11(8-16)9-17/h2-5,10-11,13,17H,6-9H2,1H3. The van der Waals surface area contributed by atoms with Crippen LogP contribution in [0.25, 0.3) is 6.08 Å². The highest BCUT2D eigenvalue weighted by Crippen LogP contribution is 2.47. The lowest BCUT2D eigenvalue weighted by molar-refractivity contribution is -0.132. The molecular formula is C15H19NO3. The van der Waals surface area contributed by atoms with Crippen molar-refractivity contribution in [2.75, 3.05) is 19.7 Å². The highest BCUT2D eigenvalue weighted by Gasteiger charge is 2.36. The Kier molecular flexibility index (Phi) is 3.19. The summed E-state index contributed by atoms with van der Waals surface area (Å²) in [5.74, 6) is 3.30. The molecule has 1 saturated heterocycles. The minimum atomic E-state index is -0.0116. The van der Waals surface area contributed by atoms with Crippen LogP contribution in [0, 0.1) is 11.8 Å². The number of aliphatic hydroxyl groups is 1. The number of amides is 1. The Labute approximate surface area is 112 Å². The molecule has 2 fully saturated rings. The van der Waals surface area contributed by atoms with Crippen LogP contribution >= 0.6 is 0 Å². The molecule has 1 aromatic heterocycles. The number of furan rings is 1. The maximum Gasteiger partial charge on any atom is 0.246 e. The van der Waals surface area contributed by atoms with E-state index in [1.54, 1.807) is 17.1 Å². The van der Waals surface area contributed by atoms with Crippen molar-refractivity contribution in [2.45, 2.75) is 19.3 Å². The second-order valence-electron chi connectivity index (χ2n) is 5.68. The van der Waals surface area contributed by atoms with Gasteiger partial charge in [0.25, 0.3) is 0 Å². The van der Waals surface area contributed by atoms with Gasteiger partial charge in [-0.1, -0.05) is 6.92 Å². The first kappa shape index (κ1) is 12.5. The van der Waals surface area contributed by atoms with E-state index in [9.17, 15) is 4.79 Å². The van der Waals surface area contributed by atoms with Gasteiger partial charge in [0.2, 0.25) is 5.91 Å². The lowest BCUT2D eigenvalue weighted by atomic mass is 10.0. The number of rotatable bonds is 4. The van der Waals surface area contributed by atoms with E-state index in [-0.39, 0.29) is 18.4 Å². The number of hydrogen-bond acceptors (Lipinski definition) is 3. The molecule has 2 atom stereocenters. The lowest BCUT2D eigenvalue weighted by Crippen LogP contribution is -2.50. The Balaban J connectivity index is 1.54. The monoisotopic (exact) mass is 261 g/mol. The largest absolute Gasteiger partial charge is 0.461 e. The van der Waals surface area contributed by atoms with Gasteiger partial charge in [0.1, 0.15) is 11.5 Å². The fraction of sp³-hybridized carbons (Fsp3) is 0.533. The topological polar surface area (TPSA) is 53.7 Å². The second kappa shape index (κ2) is 4.85. The van der Waals surface area contributed by atoms with Crippen LogP contribution in [0.5, 0.6) is 0 Å². The molecule has 4 nitrogen and oxygen atoms in total. The second-order valence-corrected chi connectivity index (χ2v) is 5.68. The molecule has 2 unspecified atom stereocenters. The summed E-state index contributed by atoms with van der Waals surface area (Å²) in [6.45, 7) is 3.69. The van der Waals surface area contributed by atoms with E-state index < -0.39 is 0 Å². The SMILES string of the molecule is CC1CC1c1ccc(C=CC(=O)N2CC(CO)C2)o1. The Morgan fingerprint density at radius 2 is 2.26 bits per heavy atom. The Hall–Kier alpha value is -1.55. The number of likely N-dealkylation sites (tertiary alicyclic amines) is 1. The average molecular weight is 261 g/mol. The zero-order chi connectivity index (χ0) is 13.4. The number of hydrogen-bond donors (Lipinski definition) is 1. The summed E-state index contributed by atoms with van der Waals surface area (Å²) >= 11 is 0. The zero-order valence-electron chi connectivity index (χ0n) is 11.1. The van der Waals surface area contributed by atoms with Gasteiger partial charge < -0.3 is 14.4 Å². The normalized spacial score (nSPS) is 26.7. The molecule has 1 N–H and O–H groups in total. The van der Waals surface area contributed by atoms with Gasteiger partial charge in [-0.3, -0.25) is 4.79 Å². The van der Waals surface area contributed by atoms with Crippen LogP contribution in [0.3, 0.4) is 0 Å². The summed E-state index contributed by atoms with van der Waals surface area (Å²) in [4.78, 5) is 13.5. The molecule has 1 amide bonds. The summed E-state index contributed by atoms with van der Waals surface area (Å²) < 4.78 is 5.70. The van der Waals surface area contributed by atoms with Gasteiger partial charge in [-0.15, -0.1) is 0 Å². The van der Waals surface area contributed by atoms with Crippen LogP contribution in [-0.2, 0) is 4.79 Å². The van der Waals surface area contributed by atoms with Crippen LogP contribution in [-0.4, -0.2) is 35.6 Å². The van der Waals surface area contributed by atoms with Gasteiger partial charge in [0.15, 0.2) is 0 Å². The fourth-order valence-electron chi connectivity index (χ4n) is 2.50. The summed E-state index contributed by atoms with van der Waals surface area (Å²) in [6.07, 6.45) is 4.48. The molecule has 1 aromatic rings. The maximum absolute atomic E-state index is 11.8. The van der Waals surface area contributed by atoms with Crippen LogP contribution in [0.15, 0.2) is 22.6 Å². The molecule has 0 aromatic carbocycles. The molecule has 4 heteroatoms. The third kappa shape index (κ3) is 2.59. The van der Waals surface area contributed by atoms with Crippen LogP contribution in [0.4, 0.5) is 0 Å². The van der Waals surface area contributed by atoms with Gasteiger partial charge in [-0.2, -0.15) is 0 Å². The van der Waals surface area contributed by atoms with Crippen LogP contribution < -0.4 is 0 Å². The minimum Gasteiger partial charge on any atom is -0.461 e. The number of aliphatic hydroxyl groups excluding tert-OH is 1. The van der Waals surface area contributed by atoms with E-state index in [1.165, 1.54) is 6.42 Å². The van der Waals surface area contributed by atoms with E-state index in [2.05, 4.69) is 6.92 Å². The molecule has 1 saturated carbocycles. The van der Waals surface area contributed by atoms with Crippen molar-refractivity contribution in [1.29, 1.82) is 0 Å². The first-order valence-electron chi connectivity index (χ1n) is 6.85. The third-order valence-corrected chi connectivity index (χ3v) is 4.04. The molecule has 102 valence electrons. The van der Waals surface area contributed by atoms with Gasteiger partial charge in [0.05, 0.1) is 0 Å². The van der Waals surface area contributed by atoms with E-state index >= 15 is 0 Å². The van der Waals surface area contributed by atoms with Crippen molar-refractivity contribution in [1.82, 2.24) is 4.90 Å². The Morgan fingerprint density at radius 3 is 2.89 bits per heavy atom. The van der Waals surface area contributed by atoms with E-state index in [4.69, 9.17) is 9.52 Å². The molecule has 1 aliphatic heterocycles. The molecule has 0 spiro atoms. The first-order valence-corrected chi connectivity index (χ1v) is 6.85. The van der Waals surface area contributed by atoms with Crippen LogP contribution in [0.2, 0.25) is 0 Å². The highest BCUT2D eigenvalue weighted by atomic mass is 16.3. The van der Waals surface area contributed by atoms with Gasteiger partial charge >= 0.3 is 0 Å². The summed E-state index contributed by atoms with van der Waals surface area (Å²) in [5, 5.41) is 8.90. The summed E-state index contributed by atoms with van der Waals surface area (Å²) in [5.41, 5.74) is 0. The van der Waals surface area contributed by atoms with Gasteiger partial charge in [-0.25, -0.2) is 0 Å². The number of carbonyl (C=O) groups excluding carboxylic acids is 1. The highest BCUT2D eigenvalue weighted by molar-refractivity contribution is 5.91. The predicted molar refractivity (Wildman–Crippen MR) is 71.4 cm³/mol. The molecule has 0 bridgehead atoms. The molecule has 19 heavy (non-hydrogen) atoms. The molecule has 3 rings (SSSR count). The Morgan fingerprint density at radius 1 is 1.53 bits per heavy atom. The quantitative estimate of drug-likeness (QED) is 0.842. The third-order valence-electron chi connectivity index (χ3n) is 4.04. The van der Waals surface area contributed by atoms with Crippen molar-refractivity contribution in [3.63, 3.8) is 0 Å².